The zero-order valence-corrected chi connectivity index (χ0v) is 18.1. The molecule has 0 spiro atoms. The predicted octanol–water partition coefficient (Wildman–Crippen LogP) is 1.17. The Hall–Kier alpha value is -1.38. The highest BCUT2D eigenvalue weighted by Crippen LogP contribution is 2.26. The minimum Gasteiger partial charge on any atom is -0.480 e. The van der Waals surface area contributed by atoms with Gasteiger partial charge >= 0.3 is 12.0 Å². The molecule has 2 aliphatic heterocycles. The van der Waals surface area contributed by atoms with E-state index in [1.165, 1.54) is 6.42 Å². The summed E-state index contributed by atoms with van der Waals surface area (Å²) < 4.78 is 5.71. The Morgan fingerprint density at radius 1 is 1.21 bits per heavy atom. The minimum absolute atomic E-state index is 0.0348. The average molecular weight is 399 g/mol. The monoisotopic (exact) mass is 398 g/mol. The van der Waals surface area contributed by atoms with Gasteiger partial charge in [0.25, 0.3) is 0 Å². The maximum absolute atomic E-state index is 12.7. The lowest BCUT2D eigenvalue weighted by atomic mass is 9.88. The lowest BCUT2D eigenvalue weighted by molar-refractivity contribution is -0.138. The van der Waals surface area contributed by atoms with Crippen LogP contribution in [0.3, 0.4) is 0 Å². The molecule has 0 aliphatic carbocycles. The number of rotatable bonds is 7. The second-order valence-corrected chi connectivity index (χ2v) is 9.35. The third-order valence-electron chi connectivity index (χ3n) is 5.74. The van der Waals surface area contributed by atoms with Crippen LogP contribution in [0.4, 0.5) is 4.79 Å². The maximum atomic E-state index is 12.7. The summed E-state index contributed by atoms with van der Waals surface area (Å²) in [5.74, 6) is 0.500. The molecule has 3 atom stereocenters. The third-order valence-corrected chi connectivity index (χ3v) is 5.74. The lowest BCUT2D eigenvalue weighted by Gasteiger charge is -2.45. The van der Waals surface area contributed by atoms with Crippen molar-refractivity contribution in [1.82, 2.24) is 20.0 Å². The van der Waals surface area contributed by atoms with E-state index in [0.29, 0.717) is 44.6 Å². The van der Waals surface area contributed by atoms with E-state index < -0.39 is 5.97 Å². The van der Waals surface area contributed by atoms with Crippen molar-refractivity contribution in [2.45, 2.75) is 45.8 Å². The molecule has 28 heavy (non-hydrogen) atoms. The number of ether oxygens (including phenoxy) is 1. The van der Waals surface area contributed by atoms with Crippen LogP contribution >= 0.6 is 0 Å². The van der Waals surface area contributed by atoms with Gasteiger partial charge in [-0.15, -0.1) is 0 Å². The summed E-state index contributed by atoms with van der Waals surface area (Å²) in [7, 11) is 1.75. The average Bonchev–Trinajstić information content (AvgIpc) is 2.58. The molecule has 2 heterocycles. The van der Waals surface area contributed by atoms with Crippen molar-refractivity contribution in [3.8, 4) is 0 Å². The van der Waals surface area contributed by atoms with Gasteiger partial charge in [0.05, 0.1) is 19.3 Å². The number of piperidine rings is 1. The Morgan fingerprint density at radius 2 is 1.86 bits per heavy atom. The van der Waals surface area contributed by atoms with Crippen LogP contribution in [0.25, 0.3) is 0 Å². The molecule has 0 aromatic carbocycles. The van der Waals surface area contributed by atoms with Gasteiger partial charge < -0.3 is 20.1 Å². The number of morpholine rings is 1. The molecule has 2 saturated heterocycles. The molecule has 162 valence electrons. The van der Waals surface area contributed by atoms with Gasteiger partial charge in [-0.05, 0) is 39.2 Å². The first kappa shape index (κ1) is 22.9. The number of urea groups is 1. The molecular formula is C20H38N4O4. The summed E-state index contributed by atoms with van der Waals surface area (Å²) in [4.78, 5) is 29.5. The zero-order chi connectivity index (χ0) is 20.9. The second kappa shape index (κ2) is 9.89. The molecule has 0 saturated carbocycles. The number of carboxylic acids is 1. The molecule has 0 radical (unpaired) electrons. The van der Waals surface area contributed by atoms with Gasteiger partial charge in [0.15, 0.2) is 0 Å². The predicted molar refractivity (Wildman–Crippen MR) is 108 cm³/mol. The number of nitrogens with zero attached hydrogens (tertiary/aromatic N) is 3. The van der Waals surface area contributed by atoms with E-state index in [0.717, 1.165) is 13.1 Å². The number of amides is 2. The number of carbonyl (C=O) groups excluding carboxylic acids is 1. The number of carbonyl (C=O) groups is 2. The van der Waals surface area contributed by atoms with E-state index in [-0.39, 0.29) is 24.2 Å². The summed E-state index contributed by atoms with van der Waals surface area (Å²) in [6.07, 6.45) is 1.10. The van der Waals surface area contributed by atoms with E-state index in [2.05, 4.69) is 37.9 Å². The minimum atomic E-state index is -0.864. The summed E-state index contributed by atoms with van der Waals surface area (Å²) >= 11 is 0. The summed E-state index contributed by atoms with van der Waals surface area (Å²) in [5.41, 5.74) is -0.0913. The van der Waals surface area contributed by atoms with Crippen LogP contribution in [0.5, 0.6) is 0 Å². The first-order valence-corrected chi connectivity index (χ1v) is 10.4. The SMILES string of the molecule is CC1CC(C)CN(C(C)(C)CNC(=O)N2CCOC(CN(C)CC(=O)O)C2)C1. The van der Waals surface area contributed by atoms with Gasteiger partial charge in [-0.1, -0.05) is 13.8 Å². The Bertz CT molecular complexity index is 532. The van der Waals surface area contributed by atoms with Crippen molar-refractivity contribution in [3.63, 3.8) is 0 Å². The fourth-order valence-corrected chi connectivity index (χ4v) is 4.33. The third kappa shape index (κ3) is 6.90. The summed E-state index contributed by atoms with van der Waals surface area (Å²) in [6.45, 7) is 13.7. The number of aliphatic carboxylic acids is 1. The van der Waals surface area contributed by atoms with Crippen LogP contribution in [-0.4, -0.2) is 103 Å². The first-order chi connectivity index (χ1) is 13.1. The number of hydrogen-bond donors (Lipinski definition) is 2. The largest absolute Gasteiger partial charge is 0.480 e. The molecule has 0 aromatic heterocycles. The van der Waals surface area contributed by atoms with E-state index in [4.69, 9.17) is 9.84 Å². The Labute approximate surface area is 169 Å². The standard InChI is InChI=1S/C20H38N4O4/c1-15-8-16(2)10-24(9-15)20(3,4)14-21-19(27)23-6-7-28-17(12-23)11-22(5)13-18(25)26/h15-17H,6-14H2,1-5H3,(H,21,27)(H,25,26). The normalized spacial score (nSPS) is 27.1. The number of nitrogens with one attached hydrogen (secondary N) is 1. The van der Waals surface area contributed by atoms with Gasteiger partial charge in [0.1, 0.15) is 0 Å². The lowest BCUT2D eigenvalue weighted by Crippen LogP contribution is -2.58. The Morgan fingerprint density at radius 3 is 2.46 bits per heavy atom. The van der Waals surface area contributed by atoms with Crippen molar-refractivity contribution in [2.24, 2.45) is 11.8 Å². The quantitative estimate of drug-likeness (QED) is 0.670. The fraction of sp³-hybridized carbons (Fsp3) is 0.900. The molecule has 2 amide bonds. The summed E-state index contributed by atoms with van der Waals surface area (Å²) in [6, 6.07) is -0.0691. The highest BCUT2D eigenvalue weighted by Gasteiger charge is 2.34. The molecule has 0 bridgehead atoms. The van der Waals surface area contributed by atoms with Gasteiger partial charge in [0.2, 0.25) is 0 Å². The van der Waals surface area contributed by atoms with Gasteiger partial charge in [0, 0.05) is 44.8 Å². The van der Waals surface area contributed by atoms with Crippen LogP contribution in [-0.2, 0) is 9.53 Å². The molecule has 2 rings (SSSR count). The van der Waals surface area contributed by atoms with Gasteiger partial charge in [-0.25, -0.2) is 4.79 Å². The Kier molecular flexibility index (Phi) is 8.09. The van der Waals surface area contributed by atoms with Crippen LogP contribution in [0.15, 0.2) is 0 Å². The highest BCUT2D eigenvalue weighted by atomic mass is 16.5. The topological polar surface area (TPSA) is 85.4 Å². The highest BCUT2D eigenvalue weighted by molar-refractivity contribution is 5.74. The van der Waals surface area contributed by atoms with Crippen molar-refractivity contribution in [1.29, 1.82) is 0 Å². The second-order valence-electron chi connectivity index (χ2n) is 9.35. The number of likely N-dealkylation sites (N-methyl/N-ethyl adjacent to an activating group) is 1. The fourth-order valence-electron chi connectivity index (χ4n) is 4.33. The van der Waals surface area contributed by atoms with Crippen LogP contribution in [0, 0.1) is 11.8 Å². The van der Waals surface area contributed by atoms with E-state index in [1.807, 2.05) is 0 Å². The molecule has 8 nitrogen and oxygen atoms in total. The van der Waals surface area contributed by atoms with Gasteiger partial charge in [-0.2, -0.15) is 0 Å². The molecule has 0 aromatic rings. The molecule has 2 fully saturated rings. The molecule has 8 heteroatoms. The number of carboxylic acid groups (broad SMARTS) is 1. The number of likely N-dealkylation sites (tertiary alicyclic amines) is 1. The van der Waals surface area contributed by atoms with Crippen LogP contribution < -0.4 is 5.32 Å². The Balaban J connectivity index is 1.82. The van der Waals surface area contributed by atoms with E-state index >= 15 is 0 Å². The zero-order valence-electron chi connectivity index (χ0n) is 18.1. The molecule has 2 aliphatic rings. The van der Waals surface area contributed by atoms with Crippen LogP contribution in [0.2, 0.25) is 0 Å². The van der Waals surface area contributed by atoms with Crippen molar-refractivity contribution >= 4 is 12.0 Å². The van der Waals surface area contributed by atoms with E-state index in [9.17, 15) is 9.59 Å². The molecular weight excluding hydrogens is 360 g/mol. The van der Waals surface area contributed by atoms with Gasteiger partial charge in [-0.3, -0.25) is 14.6 Å². The maximum Gasteiger partial charge on any atom is 0.317 e. The van der Waals surface area contributed by atoms with E-state index in [1.54, 1.807) is 16.8 Å². The van der Waals surface area contributed by atoms with Crippen molar-refractivity contribution < 1.29 is 19.4 Å². The first-order valence-electron chi connectivity index (χ1n) is 10.4. The summed E-state index contributed by atoms with van der Waals surface area (Å²) in [5, 5.41) is 12.0. The molecule has 3 unspecified atom stereocenters. The number of hydrogen-bond acceptors (Lipinski definition) is 5. The van der Waals surface area contributed by atoms with Crippen LogP contribution in [0.1, 0.15) is 34.1 Å². The van der Waals surface area contributed by atoms with Crippen molar-refractivity contribution in [2.75, 3.05) is 59.5 Å². The molecule has 2 N–H and O–H groups in total. The smallest absolute Gasteiger partial charge is 0.317 e. The van der Waals surface area contributed by atoms with Crippen molar-refractivity contribution in [3.05, 3.63) is 0 Å².